The molecule has 0 aromatic heterocycles. The van der Waals surface area contributed by atoms with Gasteiger partial charge in [-0.1, -0.05) is 20.3 Å². The van der Waals surface area contributed by atoms with E-state index in [0.29, 0.717) is 12.3 Å². The van der Waals surface area contributed by atoms with E-state index >= 15 is 0 Å². The second kappa shape index (κ2) is 3.66. The van der Waals surface area contributed by atoms with Crippen LogP contribution >= 0.6 is 0 Å². The van der Waals surface area contributed by atoms with Crippen LogP contribution in [0.4, 0.5) is 0 Å². The Hall–Kier alpha value is -0.570. The van der Waals surface area contributed by atoms with Crippen molar-refractivity contribution >= 4 is 5.97 Å². The molecule has 3 heteroatoms. The highest BCUT2D eigenvalue weighted by molar-refractivity contribution is 5.78. The number of rotatable bonds is 4. The molecule has 1 atom stereocenters. The lowest BCUT2D eigenvalue weighted by molar-refractivity contribution is -0.156. The van der Waals surface area contributed by atoms with Crippen molar-refractivity contribution in [2.24, 2.45) is 5.92 Å². The zero-order valence-corrected chi connectivity index (χ0v) is 8.71. The first kappa shape index (κ1) is 10.5. The van der Waals surface area contributed by atoms with Crippen LogP contribution in [0.15, 0.2) is 0 Å². The molecule has 0 bridgehead atoms. The maximum Gasteiger partial charge on any atom is 0.323 e. The quantitative estimate of drug-likeness (QED) is 0.723. The van der Waals surface area contributed by atoms with E-state index in [2.05, 4.69) is 11.8 Å². The van der Waals surface area contributed by atoms with Crippen LogP contribution in [0.25, 0.3) is 0 Å². The molecule has 1 unspecified atom stereocenters. The molecular weight excluding hydrogens is 166 g/mol. The summed E-state index contributed by atoms with van der Waals surface area (Å²) in [7, 11) is 0. The van der Waals surface area contributed by atoms with E-state index in [4.69, 9.17) is 5.11 Å². The Balaban J connectivity index is 2.55. The molecule has 0 aromatic carbocycles. The van der Waals surface area contributed by atoms with Crippen LogP contribution in [-0.4, -0.2) is 34.6 Å². The van der Waals surface area contributed by atoms with Gasteiger partial charge in [0.1, 0.15) is 5.54 Å². The van der Waals surface area contributed by atoms with E-state index in [1.54, 1.807) is 0 Å². The SMILES string of the molecule is CCC1CN(C(C)(CC)C(=O)O)C1. The van der Waals surface area contributed by atoms with Gasteiger partial charge in [0.25, 0.3) is 0 Å². The first-order valence-corrected chi connectivity index (χ1v) is 5.03. The summed E-state index contributed by atoms with van der Waals surface area (Å²) in [6.07, 6.45) is 1.84. The highest BCUT2D eigenvalue weighted by atomic mass is 16.4. The zero-order valence-electron chi connectivity index (χ0n) is 8.71. The number of carboxylic acids is 1. The Bertz CT molecular complexity index is 199. The van der Waals surface area contributed by atoms with Crippen molar-refractivity contribution < 1.29 is 9.90 Å². The summed E-state index contributed by atoms with van der Waals surface area (Å²) >= 11 is 0. The predicted molar refractivity (Wildman–Crippen MR) is 51.7 cm³/mol. The third kappa shape index (κ3) is 1.70. The van der Waals surface area contributed by atoms with Crippen molar-refractivity contribution in [2.45, 2.75) is 39.2 Å². The normalized spacial score (nSPS) is 23.6. The van der Waals surface area contributed by atoms with E-state index in [1.807, 2.05) is 13.8 Å². The number of aliphatic carboxylic acids is 1. The Morgan fingerprint density at radius 3 is 2.38 bits per heavy atom. The fourth-order valence-electron chi connectivity index (χ4n) is 1.74. The molecule has 1 heterocycles. The van der Waals surface area contributed by atoms with Crippen molar-refractivity contribution in [3.8, 4) is 0 Å². The minimum absolute atomic E-state index is 0.633. The Morgan fingerprint density at radius 2 is 2.08 bits per heavy atom. The zero-order chi connectivity index (χ0) is 10.1. The maximum atomic E-state index is 11.0. The summed E-state index contributed by atoms with van der Waals surface area (Å²) in [5.41, 5.74) is -0.633. The topological polar surface area (TPSA) is 40.5 Å². The standard InChI is InChI=1S/C10H19NO2/c1-4-8-6-11(7-8)10(3,5-2)9(12)13/h8H,4-7H2,1-3H3,(H,12,13). The Kier molecular flexibility index (Phi) is 2.96. The van der Waals surface area contributed by atoms with Gasteiger partial charge in [-0.3, -0.25) is 9.69 Å². The van der Waals surface area contributed by atoms with E-state index in [-0.39, 0.29) is 0 Å². The number of nitrogens with zero attached hydrogens (tertiary/aromatic N) is 1. The van der Waals surface area contributed by atoms with Crippen molar-refractivity contribution in [3.05, 3.63) is 0 Å². The van der Waals surface area contributed by atoms with Crippen LogP contribution in [0.5, 0.6) is 0 Å². The minimum Gasteiger partial charge on any atom is -0.480 e. The van der Waals surface area contributed by atoms with Gasteiger partial charge >= 0.3 is 5.97 Å². The number of carboxylic acid groups (broad SMARTS) is 1. The molecule has 0 saturated carbocycles. The molecule has 0 aromatic rings. The molecule has 0 spiro atoms. The maximum absolute atomic E-state index is 11.0. The molecular formula is C10H19NO2. The van der Waals surface area contributed by atoms with Crippen LogP contribution in [0, 0.1) is 5.92 Å². The molecule has 3 nitrogen and oxygen atoms in total. The van der Waals surface area contributed by atoms with E-state index < -0.39 is 11.5 Å². The predicted octanol–water partition coefficient (Wildman–Crippen LogP) is 1.58. The molecule has 0 aliphatic carbocycles. The molecule has 1 aliphatic rings. The Morgan fingerprint density at radius 1 is 1.54 bits per heavy atom. The summed E-state index contributed by atoms with van der Waals surface area (Å²) in [5, 5.41) is 9.09. The summed E-state index contributed by atoms with van der Waals surface area (Å²) in [4.78, 5) is 13.1. The fourth-order valence-corrected chi connectivity index (χ4v) is 1.74. The van der Waals surface area contributed by atoms with Gasteiger partial charge in [0.2, 0.25) is 0 Å². The molecule has 1 saturated heterocycles. The molecule has 0 radical (unpaired) electrons. The lowest BCUT2D eigenvalue weighted by atomic mass is 9.87. The molecule has 76 valence electrons. The largest absolute Gasteiger partial charge is 0.480 e. The minimum atomic E-state index is -0.690. The number of hydrogen-bond acceptors (Lipinski definition) is 2. The number of hydrogen-bond donors (Lipinski definition) is 1. The average molecular weight is 185 g/mol. The fraction of sp³-hybridized carbons (Fsp3) is 0.900. The first-order chi connectivity index (χ1) is 6.04. The van der Waals surface area contributed by atoms with Gasteiger partial charge in [0, 0.05) is 13.1 Å². The van der Waals surface area contributed by atoms with Crippen LogP contribution in [0.3, 0.4) is 0 Å². The molecule has 13 heavy (non-hydrogen) atoms. The number of likely N-dealkylation sites (tertiary alicyclic amines) is 1. The van der Waals surface area contributed by atoms with Gasteiger partial charge in [-0.2, -0.15) is 0 Å². The average Bonchev–Trinajstić information content (AvgIpc) is 2.01. The summed E-state index contributed by atoms with van der Waals surface area (Å²) in [6.45, 7) is 7.82. The molecule has 1 fully saturated rings. The van der Waals surface area contributed by atoms with E-state index in [0.717, 1.165) is 19.5 Å². The van der Waals surface area contributed by atoms with Gasteiger partial charge in [-0.15, -0.1) is 0 Å². The van der Waals surface area contributed by atoms with Gasteiger partial charge in [-0.05, 0) is 19.3 Å². The van der Waals surface area contributed by atoms with Crippen LogP contribution < -0.4 is 0 Å². The summed E-state index contributed by atoms with van der Waals surface area (Å²) < 4.78 is 0. The molecule has 1 rings (SSSR count). The van der Waals surface area contributed by atoms with Crippen LogP contribution in [0.1, 0.15) is 33.6 Å². The highest BCUT2D eigenvalue weighted by Gasteiger charge is 2.43. The lowest BCUT2D eigenvalue weighted by Gasteiger charge is -2.48. The van der Waals surface area contributed by atoms with Crippen LogP contribution in [0.2, 0.25) is 0 Å². The second-order valence-corrected chi connectivity index (χ2v) is 4.11. The summed E-state index contributed by atoms with van der Waals surface area (Å²) in [6, 6.07) is 0. The van der Waals surface area contributed by atoms with Gasteiger partial charge in [-0.25, -0.2) is 0 Å². The lowest BCUT2D eigenvalue weighted by Crippen LogP contribution is -2.61. The first-order valence-electron chi connectivity index (χ1n) is 5.03. The smallest absolute Gasteiger partial charge is 0.323 e. The van der Waals surface area contributed by atoms with Gasteiger partial charge in [0.15, 0.2) is 0 Å². The van der Waals surface area contributed by atoms with E-state index in [1.165, 1.54) is 0 Å². The monoisotopic (exact) mass is 185 g/mol. The van der Waals surface area contributed by atoms with Crippen molar-refractivity contribution in [1.82, 2.24) is 4.90 Å². The Labute approximate surface area is 79.7 Å². The van der Waals surface area contributed by atoms with Gasteiger partial charge in [0.05, 0.1) is 0 Å². The van der Waals surface area contributed by atoms with Crippen molar-refractivity contribution in [3.63, 3.8) is 0 Å². The molecule has 1 N–H and O–H groups in total. The van der Waals surface area contributed by atoms with Crippen molar-refractivity contribution in [1.29, 1.82) is 0 Å². The second-order valence-electron chi connectivity index (χ2n) is 4.11. The molecule has 0 amide bonds. The highest BCUT2D eigenvalue weighted by Crippen LogP contribution is 2.30. The third-order valence-corrected chi connectivity index (χ3v) is 3.38. The van der Waals surface area contributed by atoms with Crippen molar-refractivity contribution in [2.75, 3.05) is 13.1 Å². The molecule has 1 aliphatic heterocycles. The summed E-state index contributed by atoms with van der Waals surface area (Å²) in [5.74, 6) is 0.0229. The third-order valence-electron chi connectivity index (χ3n) is 3.38. The number of carbonyl (C=O) groups is 1. The van der Waals surface area contributed by atoms with Crippen LogP contribution in [-0.2, 0) is 4.79 Å². The van der Waals surface area contributed by atoms with E-state index in [9.17, 15) is 4.79 Å². The van der Waals surface area contributed by atoms with Gasteiger partial charge < -0.3 is 5.11 Å².